The van der Waals surface area contributed by atoms with Gasteiger partial charge in [0.05, 0.1) is 14.2 Å². The third kappa shape index (κ3) is 4.91. The molecule has 1 amide bonds. The maximum atomic E-state index is 12.4. The molecule has 0 heterocycles. The number of methoxy groups -OCH3 is 2. The first-order valence-electron chi connectivity index (χ1n) is 7.90. The van der Waals surface area contributed by atoms with Gasteiger partial charge < -0.3 is 20.1 Å². The lowest BCUT2D eigenvalue weighted by atomic mass is 10.1. The van der Waals surface area contributed by atoms with Crippen molar-refractivity contribution in [1.82, 2.24) is 0 Å². The van der Waals surface area contributed by atoms with Crippen LogP contribution in [0.2, 0.25) is 0 Å². The van der Waals surface area contributed by atoms with Crippen LogP contribution in [0.25, 0.3) is 0 Å². The van der Waals surface area contributed by atoms with Crippen molar-refractivity contribution < 1.29 is 14.3 Å². The minimum atomic E-state index is -0.213. The van der Waals surface area contributed by atoms with Crippen molar-refractivity contribution in [2.75, 3.05) is 31.4 Å². The van der Waals surface area contributed by atoms with Gasteiger partial charge in [-0.1, -0.05) is 13.8 Å². The van der Waals surface area contributed by atoms with Gasteiger partial charge in [0.2, 0.25) is 0 Å². The number of anilines is 2. The Morgan fingerprint density at radius 1 is 0.958 bits per heavy atom. The largest absolute Gasteiger partial charge is 0.497 e. The summed E-state index contributed by atoms with van der Waals surface area (Å²) in [6, 6.07) is 12.7. The Morgan fingerprint density at radius 2 is 1.50 bits per heavy atom. The number of amides is 1. The zero-order valence-corrected chi connectivity index (χ0v) is 14.6. The minimum absolute atomic E-state index is 0.213. The number of ether oxygens (including phenoxy) is 2. The molecule has 0 fully saturated rings. The standard InChI is InChI=1S/C19H24N2O3/c1-13(2)12-20-15-5-7-16(8-6-15)21-19(22)14-9-17(23-3)11-18(10-14)24-4/h5-11,13,20H,12H2,1-4H3,(H,21,22). The molecule has 2 N–H and O–H groups in total. The van der Waals surface area contributed by atoms with Crippen LogP contribution in [-0.2, 0) is 0 Å². The molecule has 0 spiro atoms. The first kappa shape index (κ1) is 17.7. The molecule has 0 unspecified atom stereocenters. The second-order valence-corrected chi connectivity index (χ2v) is 5.91. The lowest BCUT2D eigenvalue weighted by Crippen LogP contribution is -2.12. The van der Waals surface area contributed by atoms with E-state index in [4.69, 9.17) is 9.47 Å². The number of nitrogens with one attached hydrogen (secondary N) is 2. The SMILES string of the molecule is COc1cc(OC)cc(C(=O)Nc2ccc(NCC(C)C)cc2)c1. The van der Waals surface area contributed by atoms with Gasteiger partial charge in [0, 0.05) is 29.5 Å². The van der Waals surface area contributed by atoms with Crippen molar-refractivity contribution in [2.24, 2.45) is 5.92 Å². The third-order valence-corrected chi connectivity index (χ3v) is 3.47. The molecule has 0 saturated carbocycles. The van der Waals surface area contributed by atoms with Crippen molar-refractivity contribution in [1.29, 1.82) is 0 Å². The predicted octanol–water partition coefficient (Wildman–Crippen LogP) is 4.02. The molecule has 0 aliphatic heterocycles. The Labute approximate surface area is 143 Å². The molecule has 128 valence electrons. The second-order valence-electron chi connectivity index (χ2n) is 5.91. The van der Waals surface area contributed by atoms with Gasteiger partial charge >= 0.3 is 0 Å². The van der Waals surface area contributed by atoms with E-state index in [1.165, 1.54) is 0 Å². The number of carbonyl (C=O) groups excluding carboxylic acids is 1. The average Bonchev–Trinajstić information content (AvgIpc) is 2.60. The van der Waals surface area contributed by atoms with E-state index < -0.39 is 0 Å². The Hall–Kier alpha value is -2.69. The van der Waals surface area contributed by atoms with E-state index in [0.29, 0.717) is 23.0 Å². The smallest absolute Gasteiger partial charge is 0.255 e. The quantitative estimate of drug-likeness (QED) is 0.806. The maximum absolute atomic E-state index is 12.4. The first-order valence-corrected chi connectivity index (χ1v) is 7.90. The summed E-state index contributed by atoms with van der Waals surface area (Å²) in [5, 5.41) is 6.22. The Morgan fingerprint density at radius 3 is 2.00 bits per heavy atom. The maximum Gasteiger partial charge on any atom is 0.255 e. The lowest BCUT2D eigenvalue weighted by Gasteiger charge is -2.11. The summed E-state index contributed by atoms with van der Waals surface area (Å²) in [7, 11) is 3.11. The van der Waals surface area contributed by atoms with Crippen LogP contribution in [0.5, 0.6) is 11.5 Å². The number of carbonyl (C=O) groups is 1. The zero-order valence-electron chi connectivity index (χ0n) is 14.6. The molecule has 0 aliphatic carbocycles. The van der Waals surface area contributed by atoms with Crippen LogP contribution in [0.4, 0.5) is 11.4 Å². The van der Waals surface area contributed by atoms with E-state index in [9.17, 15) is 4.79 Å². The summed E-state index contributed by atoms with van der Waals surface area (Å²) in [6.07, 6.45) is 0. The summed E-state index contributed by atoms with van der Waals surface area (Å²) < 4.78 is 10.4. The monoisotopic (exact) mass is 328 g/mol. The van der Waals surface area contributed by atoms with Gasteiger partial charge in [0.25, 0.3) is 5.91 Å². The third-order valence-electron chi connectivity index (χ3n) is 3.47. The molecule has 0 bridgehead atoms. The molecule has 5 nitrogen and oxygen atoms in total. The van der Waals surface area contributed by atoms with Crippen molar-refractivity contribution in [3.8, 4) is 11.5 Å². The molecular formula is C19H24N2O3. The van der Waals surface area contributed by atoms with Gasteiger partial charge in [-0.25, -0.2) is 0 Å². The molecule has 0 aromatic heterocycles. The molecule has 0 saturated heterocycles. The van der Waals surface area contributed by atoms with Crippen LogP contribution >= 0.6 is 0 Å². The molecular weight excluding hydrogens is 304 g/mol. The van der Waals surface area contributed by atoms with Crippen molar-refractivity contribution >= 4 is 17.3 Å². The van der Waals surface area contributed by atoms with Gasteiger partial charge in [0.15, 0.2) is 0 Å². The van der Waals surface area contributed by atoms with Crippen LogP contribution in [0, 0.1) is 5.92 Å². The zero-order chi connectivity index (χ0) is 17.5. The van der Waals surface area contributed by atoms with E-state index in [-0.39, 0.29) is 5.91 Å². The van der Waals surface area contributed by atoms with E-state index in [1.807, 2.05) is 24.3 Å². The van der Waals surface area contributed by atoms with Gasteiger partial charge in [-0.15, -0.1) is 0 Å². The summed E-state index contributed by atoms with van der Waals surface area (Å²) in [4.78, 5) is 12.4. The van der Waals surface area contributed by atoms with Gasteiger partial charge in [-0.2, -0.15) is 0 Å². The Bertz CT molecular complexity index is 659. The molecule has 2 aromatic carbocycles. The molecule has 0 aliphatic rings. The summed E-state index contributed by atoms with van der Waals surface area (Å²) in [5.74, 6) is 1.52. The highest BCUT2D eigenvalue weighted by Crippen LogP contribution is 2.23. The summed E-state index contributed by atoms with van der Waals surface area (Å²) in [5.41, 5.74) is 2.25. The average molecular weight is 328 g/mol. The van der Waals surface area contributed by atoms with E-state index in [1.54, 1.807) is 32.4 Å². The minimum Gasteiger partial charge on any atom is -0.497 e. The number of hydrogen-bond acceptors (Lipinski definition) is 4. The van der Waals surface area contributed by atoms with E-state index in [0.717, 1.165) is 17.9 Å². The first-order chi connectivity index (χ1) is 11.5. The van der Waals surface area contributed by atoms with Crippen LogP contribution in [0.1, 0.15) is 24.2 Å². The fourth-order valence-electron chi connectivity index (χ4n) is 2.14. The van der Waals surface area contributed by atoms with Crippen LogP contribution in [-0.4, -0.2) is 26.7 Å². The highest BCUT2D eigenvalue weighted by Gasteiger charge is 2.10. The van der Waals surface area contributed by atoms with Gasteiger partial charge in [0.1, 0.15) is 11.5 Å². The van der Waals surface area contributed by atoms with Gasteiger partial charge in [-0.3, -0.25) is 4.79 Å². The van der Waals surface area contributed by atoms with Crippen molar-refractivity contribution in [3.63, 3.8) is 0 Å². The molecule has 24 heavy (non-hydrogen) atoms. The summed E-state index contributed by atoms with van der Waals surface area (Å²) in [6.45, 7) is 5.23. The predicted molar refractivity (Wildman–Crippen MR) is 97.3 cm³/mol. The fourth-order valence-corrected chi connectivity index (χ4v) is 2.14. The van der Waals surface area contributed by atoms with E-state index >= 15 is 0 Å². The van der Waals surface area contributed by atoms with Crippen molar-refractivity contribution in [3.05, 3.63) is 48.0 Å². The Kier molecular flexibility index (Phi) is 6.07. The second kappa shape index (κ2) is 8.24. The van der Waals surface area contributed by atoms with Crippen LogP contribution in [0.3, 0.4) is 0 Å². The van der Waals surface area contributed by atoms with Gasteiger partial charge in [-0.05, 0) is 42.3 Å². The normalized spacial score (nSPS) is 10.4. The fraction of sp³-hybridized carbons (Fsp3) is 0.316. The highest BCUT2D eigenvalue weighted by atomic mass is 16.5. The summed E-state index contributed by atoms with van der Waals surface area (Å²) >= 11 is 0. The van der Waals surface area contributed by atoms with Crippen LogP contribution < -0.4 is 20.1 Å². The molecule has 0 radical (unpaired) electrons. The molecule has 2 aromatic rings. The lowest BCUT2D eigenvalue weighted by molar-refractivity contribution is 0.102. The number of benzene rings is 2. The number of hydrogen-bond donors (Lipinski definition) is 2. The molecule has 2 rings (SSSR count). The number of rotatable bonds is 7. The van der Waals surface area contributed by atoms with E-state index in [2.05, 4.69) is 24.5 Å². The Balaban J connectivity index is 2.06. The molecule has 0 atom stereocenters. The highest BCUT2D eigenvalue weighted by molar-refractivity contribution is 6.04. The van der Waals surface area contributed by atoms with Crippen LogP contribution in [0.15, 0.2) is 42.5 Å². The topological polar surface area (TPSA) is 59.6 Å². The molecule has 5 heteroatoms. The van der Waals surface area contributed by atoms with Crippen molar-refractivity contribution in [2.45, 2.75) is 13.8 Å².